The van der Waals surface area contributed by atoms with Crippen molar-refractivity contribution in [3.05, 3.63) is 71.4 Å². The van der Waals surface area contributed by atoms with Gasteiger partial charge in [0, 0.05) is 35.5 Å². The summed E-state index contributed by atoms with van der Waals surface area (Å²) in [6.07, 6.45) is 2.50. The molecule has 152 valence electrons. The van der Waals surface area contributed by atoms with Gasteiger partial charge in [-0.2, -0.15) is 0 Å². The van der Waals surface area contributed by atoms with Gasteiger partial charge in [-0.3, -0.25) is 0 Å². The fourth-order valence-corrected chi connectivity index (χ4v) is 7.28. The maximum atomic E-state index is 2.66. The molecule has 2 aliphatic rings. The number of hydrogen-bond donors (Lipinski definition) is 0. The van der Waals surface area contributed by atoms with E-state index in [0.29, 0.717) is 7.85 Å². The lowest BCUT2D eigenvalue weighted by Gasteiger charge is -2.27. The van der Waals surface area contributed by atoms with E-state index in [9.17, 15) is 0 Å². The van der Waals surface area contributed by atoms with Gasteiger partial charge in [0.2, 0.25) is 5.69 Å². The first-order valence-corrected chi connectivity index (χ1v) is 12.6. The van der Waals surface area contributed by atoms with Gasteiger partial charge < -0.3 is 4.90 Å². The average Bonchev–Trinajstić information content (AvgIpc) is 3.01. The maximum Gasteiger partial charge on any atom is 0.209 e. The van der Waals surface area contributed by atoms with E-state index in [1.807, 2.05) is 0 Å². The first-order chi connectivity index (χ1) is 13.6. The molecule has 0 spiro atoms. The van der Waals surface area contributed by atoms with Crippen LogP contribution in [0.2, 0.25) is 0 Å². The predicted molar refractivity (Wildman–Crippen MR) is 142 cm³/mol. The number of allylic oxidation sites excluding steroid dienone is 2. The van der Waals surface area contributed by atoms with Gasteiger partial charge in [0.1, 0.15) is 11.0 Å². The van der Waals surface area contributed by atoms with Crippen molar-refractivity contribution in [1.29, 1.82) is 0 Å². The number of halogens is 2. The molecule has 0 N–H and O–H groups in total. The Morgan fingerprint density at radius 2 is 1.48 bits per heavy atom. The Morgan fingerprint density at radius 1 is 0.897 bits per heavy atom. The monoisotopic (exact) mass is 611 g/mol. The topological polar surface area (TPSA) is 6.25 Å². The first kappa shape index (κ1) is 21.3. The van der Waals surface area contributed by atoms with Crippen LogP contribution < -0.4 is 4.90 Å². The Labute approximate surface area is 202 Å². The van der Waals surface area contributed by atoms with Crippen LogP contribution in [0.1, 0.15) is 38.8 Å². The molecule has 2 aromatic rings. The normalized spacial score (nSPS) is 22.6. The fourth-order valence-electron chi connectivity index (χ4n) is 5.20. The standard InChI is InChI=1S/C25H29I2N2/c1-24(2)16-11-7-9-13-19(16)28(5)21(24)15-18(26)22(27)23-25(3,4)17-12-8-10-14-20(17)29(23)6/h7-15,18,22H,1-6H3/q+1/b21-15+/t18-,22-/m0/s1. The van der Waals surface area contributed by atoms with Crippen molar-refractivity contribution in [3.63, 3.8) is 0 Å². The van der Waals surface area contributed by atoms with Crippen LogP contribution in [0, 0.1) is 0 Å². The molecule has 29 heavy (non-hydrogen) atoms. The van der Waals surface area contributed by atoms with Gasteiger partial charge in [0.05, 0.1) is 9.34 Å². The molecule has 0 saturated heterocycles. The number of para-hydroxylation sites is 2. The average molecular weight is 611 g/mol. The van der Waals surface area contributed by atoms with Gasteiger partial charge in [-0.15, -0.1) is 0 Å². The van der Waals surface area contributed by atoms with Crippen molar-refractivity contribution in [2.45, 2.75) is 46.4 Å². The van der Waals surface area contributed by atoms with E-state index >= 15 is 0 Å². The molecule has 0 radical (unpaired) electrons. The molecule has 0 aromatic heterocycles. The maximum absolute atomic E-state index is 2.66. The van der Waals surface area contributed by atoms with E-state index in [2.05, 4.69) is 151 Å². The molecule has 4 rings (SSSR count). The third-order valence-electron chi connectivity index (χ3n) is 6.74. The summed E-state index contributed by atoms with van der Waals surface area (Å²) in [5, 5.41) is 0. The Bertz CT molecular complexity index is 1030. The summed E-state index contributed by atoms with van der Waals surface area (Å²) < 4.78 is 3.22. The van der Waals surface area contributed by atoms with Gasteiger partial charge in [-0.1, -0.05) is 95.4 Å². The lowest BCUT2D eigenvalue weighted by Crippen LogP contribution is -2.39. The molecular weight excluding hydrogens is 582 g/mol. The van der Waals surface area contributed by atoms with E-state index < -0.39 is 0 Å². The Kier molecular flexibility index (Phi) is 5.42. The molecule has 2 heterocycles. The molecule has 2 atom stereocenters. The van der Waals surface area contributed by atoms with E-state index in [1.165, 1.54) is 33.9 Å². The minimum Gasteiger partial charge on any atom is -0.347 e. The minimum absolute atomic E-state index is 0.0237. The Hall–Kier alpha value is -0.890. The number of rotatable bonds is 3. The molecule has 0 bridgehead atoms. The largest absolute Gasteiger partial charge is 0.347 e. The Balaban J connectivity index is 1.72. The lowest BCUT2D eigenvalue weighted by atomic mass is 9.79. The highest BCUT2D eigenvalue weighted by atomic mass is 127. The number of hydrogen-bond acceptors (Lipinski definition) is 1. The van der Waals surface area contributed by atoms with Crippen molar-refractivity contribution in [1.82, 2.24) is 0 Å². The van der Waals surface area contributed by atoms with Crippen LogP contribution in [0.3, 0.4) is 0 Å². The molecule has 0 fully saturated rings. The summed E-state index contributed by atoms with van der Waals surface area (Å²) in [6.45, 7) is 9.44. The second-order valence-electron chi connectivity index (χ2n) is 9.19. The highest BCUT2D eigenvalue weighted by molar-refractivity contribution is 14.1. The van der Waals surface area contributed by atoms with E-state index in [1.54, 1.807) is 0 Å². The third-order valence-corrected chi connectivity index (χ3v) is 10.6. The Morgan fingerprint density at radius 3 is 2.10 bits per heavy atom. The quantitative estimate of drug-likeness (QED) is 0.215. The summed E-state index contributed by atoms with van der Waals surface area (Å²) in [6, 6.07) is 17.6. The summed E-state index contributed by atoms with van der Waals surface area (Å²) in [7, 11) is 4.44. The van der Waals surface area contributed by atoms with Crippen LogP contribution >= 0.6 is 45.2 Å². The molecule has 4 heteroatoms. The number of nitrogens with zero attached hydrogens (tertiary/aromatic N) is 2. The second kappa shape index (κ2) is 7.36. The molecule has 0 saturated carbocycles. The zero-order chi connectivity index (χ0) is 21.1. The zero-order valence-electron chi connectivity index (χ0n) is 18.0. The van der Waals surface area contributed by atoms with E-state index in [-0.39, 0.29) is 10.8 Å². The van der Waals surface area contributed by atoms with Crippen LogP contribution in [0.4, 0.5) is 11.4 Å². The third kappa shape index (κ3) is 3.20. The SMILES string of the molecule is CN1/C(=C/[C@H](I)[C@H](I)C2=[N+](C)c3ccccc3C2(C)C)C(C)(C)c2ccccc21. The summed E-state index contributed by atoms with van der Waals surface area (Å²) in [5.41, 5.74) is 8.48. The van der Waals surface area contributed by atoms with Crippen LogP contribution in [-0.2, 0) is 10.8 Å². The van der Waals surface area contributed by atoms with Gasteiger partial charge in [0.25, 0.3) is 0 Å². The smallest absolute Gasteiger partial charge is 0.209 e. The van der Waals surface area contributed by atoms with Crippen molar-refractivity contribution in [3.8, 4) is 0 Å². The second-order valence-corrected chi connectivity index (χ2v) is 12.0. The molecule has 0 aliphatic carbocycles. The number of likely N-dealkylation sites (N-methyl/N-ethyl adjacent to an activating group) is 1. The molecule has 2 aliphatic heterocycles. The van der Waals surface area contributed by atoms with E-state index in [4.69, 9.17) is 0 Å². The number of anilines is 1. The van der Waals surface area contributed by atoms with Gasteiger partial charge in [0.15, 0.2) is 5.71 Å². The van der Waals surface area contributed by atoms with Crippen molar-refractivity contribution >= 4 is 62.3 Å². The summed E-state index contributed by atoms with van der Waals surface area (Å²) in [5.74, 6) is 0. The summed E-state index contributed by atoms with van der Waals surface area (Å²) >= 11 is 5.31. The number of alkyl halides is 2. The highest BCUT2D eigenvalue weighted by Gasteiger charge is 2.49. The number of fused-ring (bicyclic) bond motifs is 2. The van der Waals surface area contributed by atoms with Crippen molar-refractivity contribution in [2.24, 2.45) is 0 Å². The van der Waals surface area contributed by atoms with Crippen molar-refractivity contribution < 1.29 is 4.58 Å². The molecule has 0 amide bonds. The summed E-state index contributed by atoms with van der Waals surface area (Å²) in [4.78, 5) is 2.38. The van der Waals surface area contributed by atoms with E-state index in [0.717, 1.165) is 0 Å². The molecular formula is C25H29I2N2+. The molecule has 0 unspecified atom stereocenters. The highest BCUT2D eigenvalue weighted by Crippen LogP contribution is 2.48. The van der Waals surface area contributed by atoms with Crippen LogP contribution in [0.5, 0.6) is 0 Å². The van der Waals surface area contributed by atoms with Crippen LogP contribution in [0.15, 0.2) is 60.3 Å². The first-order valence-electron chi connectivity index (χ1n) is 10.1. The van der Waals surface area contributed by atoms with Gasteiger partial charge in [-0.25, -0.2) is 4.58 Å². The minimum atomic E-state index is 0.0237. The molecule has 2 aromatic carbocycles. The zero-order valence-corrected chi connectivity index (χ0v) is 22.3. The van der Waals surface area contributed by atoms with Crippen LogP contribution in [-0.4, -0.2) is 32.2 Å². The van der Waals surface area contributed by atoms with Gasteiger partial charge >= 0.3 is 0 Å². The number of benzene rings is 2. The predicted octanol–water partition coefficient (Wildman–Crippen LogP) is 6.61. The fraction of sp³-hybridized carbons (Fsp3) is 0.400. The van der Waals surface area contributed by atoms with Crippen molar-refractivity contribution in [2.75, 3.05) is 19.0 Å². The lowest BCUT2D eigenvalue weighted by molar-refractivity contribution is -0.403. The molecule has 2 nitrogen and oxygen atoms in total. The van der Waals surface area contributed by atoms with Crippen LogP contribution in [0.25, 0.3) is 0 Å². The van der Waals surface area contributed by atoms with Gasteiger partial charge in [-0.05, 0) is 31.6 Å².